The molecule has 3 heterocycles. The second-order valence-electron chi connectivity index (χ2n) is 8.88. The summed E-state index contributed by atoms with van der Waals surface area (Å²) in [6.45, 7) is 5.12. The number of carbonyl (C=O) groups is 4. The molecule has 2 aliphatic rings. The zero-order valence-corrected chi connectivity index (χ0v) is 21.0. The number of non-ortho nitro benzene ring substituents is 1. The van der Waals surface area contributed by atoms with Crippen LogP contribution in [0, 0.1) is 29.9 Å². The SMILES string of the molecule is CCOC(=O)c1nn(-c2ccc(C)cc2)c(C)c1C(=O)C1=NO[C@H]2C(=O)N(c3cccc([N+](=O)[O-])c3)C(=O)[C@@H]12. The normalized spacial score (nSPS) is 18.0. The number of ketones is 1. The standard InChI is InChI=1S/C26H21N5O8/c1-4-38-26(35)21-18(14(3)30(27-21)15-10-8-13(2)9-11-15)22(32)20-19-23(39-28-20)25(34)29(24(19)33)16-6-5-7-17(12-16)31(36)37/h5-12,19,23H,4H2,1-3H3/t19-,23+/m0/s1. The van der Waals surface area contributed by atoms with E-state index in [1.807, 2.05) is 19.1 Å². The number of anilines is 1. The summed E-state index contributed by atoms with van der Waals surface area (Å²) in [4.78, 5) is 69.6. The van der Waals surface area contributed by atoms with Gasteiger partial charge in [-0.25, -0.2) is 14.4 Å². The number of esters is 1. The average Bonchev–Trinajstić information content (AvgIpc) is 3.57. The van der Waals surface area contributed by atoms with Gasteiger partial charge in [-0.05, 0) is 39.0 Å². The van der Waals surface area contributed by atoms with E-state index < -0.39 is 40.5 Å². The molecule has 198 valence electrons. The zero-order valence-electron chi connectivity index (χ0n) is 21.0. The number of fused-ring (bicyclic) bond motifs is 1. The van der Waals surface area contributed by atoms with Crippen molar-refractivity contribution >= 4 is 40.7 Å². The third kappa shape index (κ3) is 4.13. The number of ether oxygens (including phenoxy) is 1. The van der Waals surface area contributed by atoms with E-state index in [-0.39, 0.29) is 40.6 Å². The van der Waals surface area contributed by atoms with Crippen molar-refractivity contribution in [2.45, 2.75) is 26.9 Å². The van der Waals surface area contributed by atoms with Gasteiger partial charge in [0.15, 0.2) is 5.69 Å². The molecule has 5 rings (SSSR count). The molecule has 0 bridgehead atoms. The summed E-state index contributed by atoms with van der Waals surface area (Å²) in [5, 5.41) is 19.3. The maximum atomic E-state index is 13.8. The molecule has 3 aromatic rings. The van der Waals surface area contributed by atoms with Gasteiger partial charge >= 0.3 is 5.97 Å². The van der Waals surface area contributed by atoms with Crippen LogP contribution >= 0.6 is 0 Å². The van der Waals surface area contributed by atoms with Crippen molar-refractivity contribution in [2.75, 3.05) is 11.5 Å². The van der Waals surface area contributed by atoms with Crippen LogP contribution in [-0.2, 0) is 19.2 Å². The molecule has 0 saturated carbocycles. The summed E-state index contributed by atoms with van der Waals surface area (Å²) in [7, 11) is 0. The van der Waals surface area contributed by atoms with Gasteiger partial charge < -0.3 is 9.57 Å². The van der Waals surface area contributed by atoms with Crippen LogP contribution in [0.3, 0.4) is 0 Å². The number of imide groups is 1. The predicted molar refractivity (Wildman–Crippen MR) is 135 cm³/mol. The van der Waals surface area contributed by atoms with Crippen LogP contribution in [0.25, 0.3) is 5.69 Å². The number of rotatable bonds is 7. The van der Waals surface area contributed by atoms with E-state index in [9.17, 15) is 29.3 Å². The Kier molecular flexibility index (Phi) is 6.26. The van der Waals surface area contributed by atoms with Crippen LogP contribution in [0.4, 0.5) is 11.4 Å². The predicted octanol–water partition coefficient (Wildman–Crippen LogP) is 2.70. The van der Waals surface area contributed by atoms with Crippen LogP contribution < -0.4 is 4.90 Å². The first-order valence-corrected chi connectivity index (χ1v) is 11.9. The molecule has 1 fully saturated rings. The van der Waals surface area contributed by atoms with Crippen LogP contribution in [-0.4, -0.2) is 56.7 Å². The van der Waals surface area contributed by atoms with Crippen LogP contribution in [0.2, 0.25) is 0 Å². The van der Waals surface area contributed by atoms with E-state index in [4.69, 9.17) is 9.57 Å². The molecule has 0 radical (unpaired) electrons. The van der Waals surface area contributed by atoms with Crippen molar-refractivity contribution in [3.8, 4) is 5.69 Å². The molecule has 2 aromatic carbocycles. The van der Waals surface area contributed by atoms with Crippen molar-refractivity contribution in [3.05, 3.63) is 81.2 Å². The average molecular weight is 531 g/mol. The van der Waals surface area contributed by atoms with E-state index in [1.165, 1.54) is 22.9 Å². The van der Waals surface area contributed by atoms with Gasteiger partial charge in [-0.1, -0.05) is 28.9 Å². The molecule has 2 atom stereocenters. The lowest BCUT2D eigenvalue weighted by atomic mass is 9.92. The van der Waals surface area contributed by atoms with Crippen molar-refractivity contribution in [1.82, 2.24) is 9.78 Å². The Balaban J connectivity index is 1.54. The molecule has 0 unspecified atom stereocenters. The number of benzene rings is 2. The molecule has 1 aromatic heterocycles. The summed E-state index contributed by atoms with van der Waals surface area (Å²) >= 11 is 0. The quantitative estimate of drug-likeness (QED) is 0.147. The lowest BCUT2D eigenvalue weighted by Gasteiger charge is -2.15. The number of carbonyl (C=O) groups excluding carboxylic acids is 4. The number of oxime groups is 1. The van der Waals surface area contributed by atoms with Gasteiger partial charge in [-0.3, -0.25) is 24.5 Å². The molecule has 2 aliphatic heterocycles. The molecule has 0 aliphatic carbocycles. The number of hydrogen-bond acceptors (Lipinski definition) is 10. The van der Waals surface area contributed by atoms with Crippen LogP contribution in [0.15, 0.2) is 53.7 Å². The first-order valence-electron chi connectivity index (χ1n) is 11.9. The van der Waals surface area contributed by atoms with Crippen molar-refractivity contribution < 1.29 is 33.7 Å². The largest absolute Gasteiger partial charge is 0.461 e. The Morgan fingerprint density at radius 3 is 2.46 bits per heavy atom. The fourth-order valence-electron chi connectivity index (χ4n) is 4.55. The molecular formula is C26H21N5O8. The highest BCUT2D eigenvalue weighted by Crippen LogP contribution is 2.36. The number of aryl methyl sites for hydroxylation is 1. The fourth-order valence-corrected chi connectivity index (χ4v) is 4.55. The lowest BCUT2D eigenvalue weighted by molar-refractivity contribution is -0.384. The van der Waals surface area contributed by atoms with Crippen LogP contribution in [0.1, 0.15) is 39.0 Å². The maximum absolute atomic E-state index is 13.8. The molecule has 0 N–H and O–H groups in total. The summed E-state index contributed by atoms with van der Waals surface area (Å²) in [5.41, 5.74) is 0.674. The third-order valence-corrected chi connectivity index (χ3v) is 6.43. The Morgan fingerprint density at radius 2 is 1.79 bits per heavy atom. The van der Waals surface area contributed by atoms with Gasteiger partial charge in [0, 0.05) is 12.1 Å². The molecule has 1 saturated heterocycles. The highest BCUT2D eigenvalue weighted by atomic mass is 16.7. The van der Waals surface area contributed by atoms with Crippen molar-refractivity contribution in [3.63, 3.8) is 0 Å². The van der Waals surface area contributed by atoms with E-state index in [0.717, 1.165) is 16.5 Å². The minimum absolute atomic E-state index is 0.0306. The van der Waals surface area contributed by atoms with Gasteiger partial charge in [0.1, 0.15) is 11.6 Å². The van der Waals surface area contributed by atoms with Crippen molar-refractivity contribution in [2.24, 2.45) is 11.1 Å². The number of hydrogen-bond donors (Lipinski definition) is 0. The first kappa shape index (κ1) is 25.4. The van der Waals surface area contributed by atoms with Gasteiger partial charge in [0.2, 0.25) is 17.8 Å². The Hall–Kier alpha value is -5.20. The smallest absolute Gasteiger partial charge is 0.359 e. The Bertz CT molecular complexity index is 1590. The summed E-state index contributed by atoms with van der Waals surface area (Å²) < 4.78 is 6.52. The van der Waals surface area contributed by atoms with Crippen molar-refractivity contribution in [1.29, 1.82) is 0 Å². The van der Waals surface area contributed by atoms with Gasteiger partial charge in [-0.2, -0.15) is 5.10 Å². The number of aromatic nitrogens is 2. The second-order valence-corrected chi connectivity index (χ2v) is 8.88. The van der Waals surface area contributed by atoms with Crippen LogP contribution in [0.5, 0.6) is 0 Å². The number of amides is 2. The number of nitro groups is 1. The number of nitrogens with zero attached hydrogens (tertiary/aromatic N) is 5. The highest BCUT2D eigenvalue weighted by molar-refractivity contribution is 6.53. The number of nitro benzene ring substituents is 1. The molecule has 13 heteroatoms. The topological polar surface area (TPSA) is 163 Å². The van der Waals surface area contributed by atoms with Gasteiger partial charge in [0.25, 0.3) is 11.6 Å². The molecule has 39 heavy (non-hydrogen) atoms. The van der Waals surface area contributed by atoms with E-state index >= 15 is 0 Å². The minimum Gasteiger partial charge on any atom is -0.461 e. The monoisotopic (exact) mass is 531 g/mol. The first-order chi connectivity index (χ1) is 18.6. The van der Waals surface area contributed by atoms with E-state index in [1.54, 1.807) is 26.0 Å². The lowest BCUT2D eigenvalue weighted by Crippen LogP contribution is -2.34. The molecule has 0 spiro atoms. The summed E-state index contributed by atoms with van der Waals surface area (Å²) in [6.07, 6.45) is -1.44. The van der Waals surface area contributed by atoms with E-state index in [2.05, 4.69) is 10.3 Å². The molecule has 13 nitrogen and oxygen atoms in total. The molecular weight excluding hydrogens is 510 g/mol. The Morgan fingerprint density at radius 1 is 1.08 bits per heavy atom. The zero-order chi connectivity index (χ0) is 28.0. The Labute approximate surface area is 220 Å². The van der Waals surface area contributed by atoms with Gasteiger partial charge in [-0.15, -0.1) is 0 Å². The molecule has 2 amide bonds. The summed E-state index contributed by atoms with van der Waals surface area (Å²) in [6, 6.07) is 12.2. The van der Waals surface area contributed by atoms with E-state index in [0.29, 0.717) is 5.69 Å². The minimum atomic E-state index is -1.44. The second kappa shape index (κ2) is 9.59. The number of Topliss-reactive ketones (excluding diaryl/α,β-unsaturated/α-hetero) is 1. The van der Waals surface area contributed by atoms with Gasteiger partial charge in [0.05, 0.1) is 34.2 Å². The summed E-state index contributed by atoms with van der Waals surface area (Å²) in [5.74, 6) is -4.76. The highest BCUT2D eigenvalue weighted by Gasteiger charge is 2.58. The maximum Gasteiger partial charge on any atom is 0.359 e. The fraction of sp³-hybridized carbons (Fsp3) is 0.231. The third-order valence-electron chi connectivity index (χ3n) is 6.43.